The van der Waals surface area contributed by atoms with Gasteiger partial charge in [-0.2, -0.15) is 4.98 Å². The number of nitrogens with zero attached hydrogens (tertiary/aromatic N) is 5. The van der Waals surface area contributed by atoms with E-state index in [0.717, 1.165) is 43.4 Å². The maximum atomic E-state index is 14.8. The summed E-state index contributed by atoms with van der Waals surface area (Å²) in [7, 11) is -0.539. The van der Waals surface area contributed by atoms with Gasteiger partial charge in [-0.25, -0.2) is 9.19 Å². The average molecular weight is 807 g/mol. The van der Waals surface area contributed by atoms with Gasteiger partial charge in [0.25, 0.3) is 11.8 Å². The number of anilines is 2. The van der Waals surface area contributed by atoms with Gasteiger partial charge in [0.2, 0.25) is 11.8 Å². The van der Waals surface area contributed by atoms with Crippen LogP contribution < -0.4 is 24.0 Å². The molecule has 1 saturated carbocycles. The van der Waals surface area contributed by atoms with Crippen LogP contribution in [0, 0.1) is 17.8 Å². The molecular weight excluding hydrogens is 756 g/mol. The number of fused-ring (bicyclic) bond motifs is 3. The third-order valence-electron chi connectivity index (χ3n) is 11.1. The third-order valence-corrected chi connectivity index (χ3v) is 13.4. The summed E-state index contributed by atoms with van der Waals surface area (Å²) in [5, 5.41) is 0.701. The molecule has 1 aromatic heterocycles. The molecule has 13 nitrogen and oxygen atoms in total. The van der Waals surface area contributed by atoms with Crippen LogP contribution in [0.1, 0.15) is 70.9 Å². The fraction of sp³-hybridized carbons (Fsp3) is 0.512. The summed E-state index contributed by atoms with van der Waals surface area (Å²) in [6, 6.07) is 11.3. The number of rotatable bonds is 5. The highest BCUT2D eigenvalue weighted by Gasteiger charge is 2.38. The topological polar surface area (TPSA) is 145 Å². The molecule has 1 aliphatic carbocycles. The number of hydrogen-bond donors (Lipinski definition) is 1. The van der Waals surface area contributed by atoms with Crippen LogP contribution in [0.25, 0.3) is 0 Å². The third kappa shape index (κ3) is 9.30. The molecule has 4 heterocycles. The molecule has 7 rings (SSSR count). The molecule has 3 aromatic rings. The van der Waals surface area contributed by atoms with Crippen molar-refractivity contribution >= 4 is 45.0 Å². The molecule has 3 aliphatic heterocycles. The Labute approximate surface area is 334 Å². The number of aromatic nitrogens is 2. The number of hydrogen-bond acceptors (Lipinski definition) is 11. The Balaban J connectivity index is 1.28. The van der Waals surface area contributed by atoms with Crippen LogP contribution in [0.4, 0.5) is 11.6 Å². The van der Waals surface area contributed by atoms with Crippen molar-refractivity contribution in [2.45, 2.75) is 58.1 Å². The highest BCUT2D eigenvalue weighted by atomic mass is 35.5. The second kappa shape index (κ2) is 17.9. The van der Waals surface area contributed by atoms with E-state index in [1.165, 1.54) is 18.9 Å². The van der Waals surface area contributed by atoms with E-state index in [9.17, 15) is 13.8 Å². The summed E-state index contributed by atoms with van der Waals surface area (Å²) in [4.78, 5) is 41.2. The lowest BCUT2D eigenvalue weighted by Crippen LogP contribution is -2.43. The van der Waals surface area contributed by atoms with Gasteiger partial charge in [0.1, 0.15) is 21.2 Å². The fourth-order valence-corrected chi connectivity index (χ4v) is 10.0. The van der Waals surface area contributed by atoms with Gasteiger partial charge >= 0.3 is 0 Å². The summed E-state index contributed by atoms with van der Waals surface area (Å²) in [6.07, 6.45) is 10.7. The first kappa shape index (κ1) is 40.0. The Bertz CT molecular complexity index is 2070. The smallest absolute Gasteiger partial charge is 0.286 e. The van der Waals surface area contributed by atoms with E-state index in [4.69, 9.17) is 30.5 Å². The number of benzene rings is 2. The molecule has 2 aromatic carbocycles. The van der Waals surface area contributed by atoms with Crippen LogP contribution in [-0.4, -0.2) is 91.5 Å². The van der Waals surface area contributed by atoms with E-state index < -0.39 is 21.7 Å². The maximum Gasteiger partial charge on any atom is 0.286 e. The van der Waals surface area contributed by atoms with Gasteiger partial charge < -0.3 is 28.7 Å². The minimum absolute atomic E-state index is 0.0190. The Kier molecular flexibility index (Phi) is 12.8. The lowest BCUT2D eigenvalue weighted by atomic mass is 9.70. The Morgan fingerprint density at radius 3 is 2.64 bits per heavy atom. The predicted molar refractivity (Wildman–Crippen MR) is 216 cm³/mol. The molecule has 1 N–H and O–H groups in total. The highest BCUT2D eigenvalue weighted by Crippen LogP contribution is 2.42. The zero-order valence-electron chi connectivity index (χ0n) is 32.3. The van der Waals surface area contributed by atoms with Crippen LogP contribution in [-0.2, 0) is 32.4 Å². The molecular formula is C41H51ClN6O7S. The van der Waals surface area contributed by atoms with Crippen molar-refractivity contribution in [3.05, 3.63) is 82.0 Å². The quantitative estimate of drug-likeness (QED) is 0.291. The lowest BCUT2D eigenvalue weighted by Gasteiger charge is -2.43. The number of nitrogens with one attached hydrogen (secondary N) is 1. The van der Waals surface area contributed by atoms with Crippen molar-refractivity contribution in [1.29, 1.82) is 0 Å². The van der Waals surface area contributed by atoms with Gasteiger partial charge in [0.05, 0.1) is 44.5 Å². The molecule has 300 valence electrons. The van der Waals surface area contributed by atoms with Gasteiger partial charge in [-0.05, 0) is 97.7 Å². The van der Waals surface area contributed by atoms with Crippen molar-refractivity contribution in [2.75, 3.05) is 69.2 Å². The number of aryl methyl sites for hydroxylation is 1. The highest BCUT2D eigenvalue weighted by molar-refractivity contribution is 7.92. The fourth-order valence-electron chi connectivity index (χ4n) is 7.96. The Hall–Kier alpha value is -4.24. The SMILES string of the molecule is COc1nc(N2CCOCC2)ncc1C(=O)NS1(=O)=NC(=O)c2ccc3c(c2)N(Cc2ccc(Cl)cc2CCCCO3)C[C@@H]2CC[C@H]2[C@@H](OC)/C=C/C[C@H](C)C1. The van der Waals surface area contributed by atoms with Crippen molar-refractivity contribution in [3.63, 3.8) is 0 Å². The van der Waals surface area contributed by atoms with E-state index in [2.05, 4.69) is 42.2 Å². The molecule has 1 saturated heterocycles. The van der Waals surface area contributed by atoms with Gasteiger partial charge in [0, 0.05) is 50.1 Å². The van der Waals surface area contributed by atoms with Crippen molar-refractivity contribution < 1.29 is 32.7 Å². The summed E-state index contributed by atoms with van der Waals surface area (Å²) >= 11 is 6.49. The van der Waals surface area contributed by atoms with Crippen LogP contribution in [0.5, 0.6) is 11.6 Å². The first-order chi connectivity index (χ1) is 27.1. The summed E-state index contributed by atoms with van der Waals surface area (Å²) in [5.74, 6) is -0.0554. The van der Waals surface area contributed by atoms with Crippen molar-refractivity contribution in [3.8, 4) is 11.6 Å². The first-order valence-electron chi connectivity index (χ1n) is 19.5. The number of carbonyl (C=O) groups excluding carboxylic acids is 2. The number of amides is 2. The first-order valence-corrected chi connectivity index (χ1v) is 21.5. The molecule has 56 heavy (non-hydrogen) atoms. The molecule has 2 bridgehead atoms. The summed E-state index contributed by atoms with van der Waals surface area (Å²) < 4.78 is 45.1. The average Bonchev–Trinajstić information content (AvgIpc) is 3.21. The zero-order valence-corrected chi connectivity index (χ0v) is 33.9. The molecule has 15 heteroatoms. The molecule has 0 radical (unpaired) electrons. The van der Waals surface area contributed by atoms with Crippen molar-refractivity contribution in [2.24, 2.45) is 22.1 Å². The number of allylic oxidation sites excluding steroid dienone is 1. The van der Waals surface area contributed by atoms with Crippen LogP contribution >= 0.6 is 11.6 Å². The normalized spacial score (nSPS) is 26.5. The van der Waals surface area contributed by atoms with Gasteiger partial charge in [-0.1, -0.05) is 36.7 Å². The van der Waals surface area contributed by atoms with E-state index >= 15 is 0 Å². The zero-order chi connectivity index (χ0) is 39.2. The number of ether oxygens (including phenoxy) is 4. The summed E-state index contributed by atoms with van der Waals surface area (Å²) in [5.41, 5.74) is 3.32. The minimum atomic E-state index is -3.69. The van der Waals surface area contributed by atoms with E-state index in [1.54, 1.807) is 25.3 Å². The maximum absolute atomic E-state index is 14.8. The molecule has 5 atom stereocenters. The van der Waals surface area contributed by atoms with Crippen LogP contribution in [0.15, 0.2) is 59.1 Å². The van der Waals surface area contributed by atoms with Crippen molar-refractivity contribution in [1.82, 2.24) is 14.7 Å². The van der Waals surface area contributed by atoms with E-state index in [-0.39, 0.29) is 34.8 Å². The van der Waals surface area contributed by atoms with Crippen LogP contribution in [0.3, 0.4) is 0 Å². The number of methoxy groups -OCH3 is 2. The van der Waals surface area contributed by atoms with Crippen LogP contribution in [0.2, 0.25) is 5.02 Å². The standard InChI is InChI=1S/C41H51ClN6O7S/c1-27-7-6-9-36(52-2)33-14-11-31(33)25-48-24-30-10-13-32(42)21-28(30)8-4-5-18-55-37-15-12-29(22-35(37)48)38(49)45-56(51,26-27)46-39(50)34-23-43-41(44-40(34)53-3)47-16-19-54-20-17-47/h6,9-10,12-13,15,21-23,27,31,33,36H,4-5,7-8,11,14,16-20,24-26H2,1-3H3,(H,45,46,49,50,51)/b9-6+/t27-,31-,33+,36-,56?/m0/s1. The number of halogens is 1. The Morgan fingerprint density at radius 2 is 1.88 bits per heavy atom. The lowest BCUT2D eigenvalue weighted by molar-refractivity contribution is 0.0133. The number of morpholine rings is 1. The molecule has 2 fully saturated rings. The van der Waals surface area contributed by atoms with Gasteiger partial charge in [0.15, 0.2) is 0 Å². The predicted octanol–water partition coefficient (Wildman–Crippen LogP) is 6.29. The molecule has 1 unspecified atom stereocenters. The molecule has 0 spiro atoms. The molecule has 2 amide bonds. The monoisotopic (exact) mass is 806 g/mol. The van der Waals surface area contributed by atoms with Gasteiger partial charge in [-0.3, -0.25) is 14.3 Å². The Morgan fingerprint density at radius 1 is 1.04 bits per heavy atom. The van der Waals surface area contributed by atoms with E-state index in [0.29, 0.717) is 81.0 Å². The summed E-state index contributed by atoms with van der Waals surface area (Å²) in [6.45, 7) is 5.97. The largest absolute Gasteiger partial charge is 0.491 e. The second-order valence-electron chi connectivity index (χ2n) is 15.1. The van der Waals surface area contributed by atoms with E-state index in [1.807, 2.05) is 24.0 Å². The minimum Gasteiger partial charge on any atom is -0.491 e. The van der Waals surface area contributed by atoms with Gasteiger partial charge in [-0.15, -0.1) is 4.36 Å². The number of carbonyl (C=O) groups is 2. The second-order valence-corrected chi connectivity index (χ2v) is 17.5. The molecule has 4 aliphatic rings.